The number of aromatic nitrogens is 4. The van der Waals surface area contributed by atoms with Crippen molar-refractivity contribution >= 4 is 124 Å². The molecule has 0 fully saturated rings. The predicted molar refractivity (Wildman–Crippen MR) is 236 cm³/mol. The third kappa shape index (κ3) is 5.36. The zero-order chi connectivity index (χ0) is 38.2. The monoisotopic (exact) mass is 700 g/mol. The first-order valence-electron chi connectivity index (χ1n) is 17.9. The molecule has 7 aromatic carbocycles. The second-order valence-corrected chi connectivity index (χ2v) is 13.8. The Balaban J connectivity index is 1.25. The minimum atomic E-state index is 0.330. The summed E-state index contributed by atoms with van der Waals surface area (Å²) in [6.45, 7) is 0. The van der Waals surface area contributed by atoms with Crippen molar-refractivity contribution in [2.75, 3.05) is 0 Å². The first-order chi connectivity index (χ1) is 27.2. The summed E-state index contributed by atoms with van der Waals surface area (Å²) < 4.78 is 8.78. The highest BCUT2D eigenvalue weighted by atomic mass is 16.3. The Hall–Kier alpha value is -6.46. The molecule has 56 heavy (non-hydrogen) atoms. The van der Waals surface area contributed by atoms with Gasteiger partial charge >= 0.3 is 0 Å². The van der Waals surface area contributed by atoms with Crippen molar-refractivity contribution in [3.63, 3.8) is 0 Å². The van der Waals surface area contributed by atoms with Gasteiger partial charge in [-0.05, 0) is 40.6 Å². The fourth-order valence-electron chi connectivity index (χ4n) is 7.72. The molecule has 3 aromatic heterocycles. The van der Waals surface area contributed by atoms with Gasteiger partial charge < -0.3 is 8.98 Å². The van der Waals surface area contributed by atoms with Crippen LogP contribution < -0.4 is 32.8 Å². The van der Waals surface area contributed by atoms with Crippen LogP contribution in [0.3, 0.4) is 0 Å². The number of fused-ring (bicyclic) bond motifs is 6. The van der Waals surface area contributed by atoms with Crippen molar-refractivity contribution in [3.05, 3.63) is 133 Å². The molecule has 5 nitrogen and oxygen atoms in total. The zero-order valence-electron chi connectivity index (χ0n) is 29.9. The Morgan fingerprint density at radius 2 is 0.911 bits per heavy atom. The molecule has 0 spiro atoms. The molecule has 0 aliphatic carbocycles. The fourth-order valence-corrected chi connectivity index (χ4v) is 7.72. The zero-order valence-corrected chi connectivity index (χ0v) is 29.9. The van der Waals surface area contributed by atoms with Crippen molar-refractivity contribution in [2.24, 2.45) is 0 Å². The molecule has 0 unspecified atom stereocenters. The van der Waals surface area contributed by atoms with E-state index >= 15 is 0 Å². The number of furan rings is 1. The highest BCUT2D eigenvalue weighted by molar-refractivity contribution is 6.62. The topological polar surface area (TPSA) is 56.7 Å². The molecule has 0 bridgehead atoms. The first kappa shape index (κ1) is 34.1. The number of benzene rings is 7. The lowest BCUT2D eigenvalue weighted by Crippen LogP contribution is -2.33. The van der Waals surface area contributed by atoms with E-state index < -0.39 is 0 Å². The molecule has 3 heterocycles. The van der Waals surface area contributed by atoms with Crippen molar-refractivity contribution in [2.45, 2.75) is 0 Å². The van der Waals surface area contributed by atoms with Crippen LogP contribution in [-0.2, 0) is 0 Å². The molecule has 0 saturated carbocycles. The largest absolute Gasteiger partial charge is 0.455 e. The van der Waals surface area contributed by atoms with Gasteiger partial charge in [0.1, 0.15) is 58.2 Å². The molecule has 0 atom stereocenters. The van der Waals surface area contributed by atoms with Crippen LogP contribution in [0.4, 0.5) is 0 Å². The third-order valence-corrected chi connectivity index (χ3v) is 10.4. The average Bonchev–Trinajstić information content (AvgIpc) is 3.80. The SMILES string of the molecule is [B]c1cc([B])c2c(c1[B])c1c([B])c([B])cc([B])c1n2-c1cc(-c2ccccc2)c2oc3cc(-c4nc(-c5ccccc5)nc(-c5ccccc5)n4)ccc3c2c1. The molecule has 0 saturated heterocycles. The van der Waals surface area contributed by atoms with Gasteiger partial charge in [-0.25, -0.2) is 15.0 Å². The molecule has 0 amide bonds. The van der Waals surface area contributed by atoms with Crippen LogP contribution >= 0.6 is 0 Å². The minimum absolute atomic E-state index is 0.330. The highest BCUT2D eigenvalue weighted by Crippen LogP contribution is 2.40. The third-order valence-electron chi connectivity index (χ3n) is 10.4. The van der Waals surface area contributed by atoms with Crippen molar-refractivity contribution < 1.29 is 4.42 Å². The van der Waals surface area contributed by atoms with Crippen LogP contribution in [0.1, 0.15) is 0 Å². The van der Waals surface area contributed by atoms with E-state index in [2.05, 4.69) is 12.1 Å². The van der Waals surface area contributed by atoms with Crippen LogP contribution in [-0.4, -0.2) is 66.6 Å². The van der Waals surface area contributed by atoms with Gasteiger partial charge in [0.15, 0.2) is 17.5 Å². The van der Waals surface area contributed by atoms with Crippen molar-refractivity contribution in [1.29, 1.82) is 0 Å². The minimum Gasteiger partial charge on any atom is -0.455 e. The maximum Gasteiger partial charge on any atom is 0.164 e. The molecule has 0 aliphatic heterocycles. The summed E-state index contributed by atoms with van der Waals surface area (Å²) in [6.07, 6.45) is 0. The van der Waals surface area contributed by atoms with E-state index in [1.54, 1.807) is 12.1 Å². The van der Waals surface area contributed by atoms with E-state index in [1.807, 2.05) is 114 Å². The lowest BCUT2D eigenvalue weighted by atomic mass is 9.71. The van der Waals surface area contributed by atoms with Crippen LogP contribution in [0.2, 0.25) is 0 Å². The number of nitrogens with zero attached hydrogens (tertiary/aromatic N) is 4. The standard InChI is InChI=1S/C45H22B6N4O/c46-31-21-33(48)40-36(38(31)50)37-39(51)32(47)22-34(49)41(37)55(40)27-19-29(23-10-4-1-5-11-23)42-30(20-27)28-17-16-26(18-35(28)56-42)45-53-43(24-12-6-2-7-13-24)52-44(54-45)25-14-8-3-9-15-25/h1-22H. The normalized spacial score (nSPS) is 11.6. The lowest BCUT2D eigenvalue weighted by Gasteiger charge is -2.15. The molecule has 0 aliphatic rings. The van der Waals surface area contributed by atoms with Crippen molar-refractivity contribution in [1.82, 2.24) is 19.5 Å². The molecular weight excluding hydrogens is 677 g/mol. The second-order valence-electron chi connectivity index (χ2n) is 13.8. The Morgan fingerprint density at radius 3 is 1.43 bits per heavy atom. The predicted octanol–water partition coefficient (Wildman–Crippen LogP) is 4.30. The Morgan fingerprint density at radius 1 is 0.429 bits per heavy atom. The number of hydrogen-bond donors (Lipinski definition) is 0. The Kier molecular flexibility index (Phi) is 7.96. The maximum atomic E-state index is 6.79. The van der Waals surface area contributed by atoms with Gasteiger partial charge in [-0.2, -0.15) is 0 Å². The quantitative estimate of drug-likeness (QED) is 0.252. The van der Waals surface area contributed by atoms with Gasteiger partial charge in [0, 0.05) is 49.7 Å². The molecule has 12 radical (unpaired) electrons. The summed E-state index contributed by atoms with van der Waals surface area (Å²) in [4.78, 5) is 14.7. The number of rotatable bonds is 5. The molecule has 11 heteroatoms. The van der Waals surface area contributed by atoms with Crippen LogP contribution in [0.15, 0.2) is 138 Å². The van der Waals surface area contributed by atoms with E-state index in [9.17, 15) is 0 Å². The molecule has 0 N–H and O–H groups in total. The molecule has 10 rings (SSSR count). The Bertz CT molecular complexity index is 3070. The van der Waals surface area contributed by atoms with E-state index in [-0.39, 0.29) is 0 Å². The van der Waals surface area contributed by atoms with Gasteiger partial charge in [0.05, 0.1) is 0 Å². The van der Waals surface area contributed by atoms with Crippen LogP contribution in [0.5, 0.6) is 0 Å². The van der Waals surface area contributed by atoms with Crippen LogP contribution in [0.25, 0.3) is 94.7 Å². The summed E-state index contributed by atoms with van der Waals surface area (Å²) >= 11 is 0. The lowest BCUT2D eigenvalue weighted by molar-refractivity contribution is 0.670. The van der Waals surface area contributed by atoms with Gasteiger partial charge in [0.2, 0.25) is 0 Å². The van der Waals surface area contributed by atoms with Gasteiger partial charge in [-0.1, -0.05) is 131 Å². The van der Waals surface area contributed by atoms with Crippen LogP contribution in [0, 0.1) is 0 Å². The van der Waals surface area contributed by atoms with Crippen molar-refractivity contribution in [3.8, 4) is 51.0 Å². The summed E-state index contributed by atoms with van der Waals surface area (Å²) in [5.41, 5.74) is 9.85. The maximum absolute atomic E-state index is 6.79. The van der Waals surface area contributed by atoms with E-state index in [0.29, 0.717) is 83.2 Å². The summed E-state index contributed by atoms with van der Waals surface area (Å²) in [5, 5.41) is 2.92. The Labute approximate surface area is 330 Å². The van der Waals surface area contributed by atoms with Gasteiger partial charge in [0.25, 0.3) is 0 Å². The smallest absolute Gasteiger partial charge is 0.164 e. The summed E-state index contributed by atoms with van der Waals surface area (Å²) in [5.74, 6) is 1.67. The van der Waals surface area contributed by atoms with Gasteiger partial charge in [-0.3, -0.25) is 0 Å². The molecule has 246 valence electrons. The molecule has 10 aromatic rings. The van der Waals surface area contributed by atoms with E-state index in [0.717, 1.165) is 44.3 Å². The number of hydrogen-bond acceptors (Lipinski definition) is 4. The van der Waals surface area contributed by atoms with E-state index in [1.165, 1.54) is 0 Å². The highest BCUT2D eigenvalue weighted by Gasteiger charge is 2.23. The van der Waals surface area contributed by atoms with Gasteiger partial charge in [-0.15, -0.1) is 10.9 Å². The molecular formula is C45H22B6N4O. The summed E-state index contributed by atoms with van der Waals surface area (Å²) in [6, 6.07) is 43.3. The summed E-state index contributed by atoms with van der Waals surface area (Å²) in [7, 11) is 39.6. The average molecular weight is 700 g/mol. The fraction of sp³-hybridized carbons (Fsp3) is 0. The second kappa shape index (κ2) is 13.1. The van der Waals surface area contributed by atoms with E-state index in [4.69, 9.17) is 66.4 Å². The first-order valence-corrected chi connectivity index (χ1v) is 17.9.